The van der Waals surface area contributed by atoms with E-state index in [2.05, 4.69) is 4.98 Å². The summed E-state index contributed by atoms with van der Waals surface area (Å²) >= 11 is 0. The van der Waals surface area contributed by atoms with Crippen molar-refractivity contribution < 1.29 is 0 Å². The molecule has 17 heavy (non-hydrogen) atoms. The first-order valence-electron chi connectivity index (χ1n) is 5.93. The molecule has 2 aromatic rings. The van der Waals surface area contributed by atoms with Crippen molar-refractivity contribution in [1.29, 1.82) is 0 Å². The minimum absolute atomic E-state index is 0.0452. The highest BCUT2D eigenvalue weighted by Gasteiger charge is 2.20. The normalized spacial score (nSPS) is 19.3. The number of rotatable bonds is 0. The van der Waals surface area contributed by atoms with Gasteiger partial charge in [-0.2, -0.15) is 0 Å². The second kappa shape index (κ2) is 3.67. The van der Waals surface area contributed by atoms with Crippen molar-refractivity contribution in [3.05, 3.63) is 39.9 Å². The van der Waals surface area contributed by atoms with Crippen LogP contribution in [-0.2, 0) is 6.54 Å². The van der Waals surface area contributed by atoms with Crippen molar-refractivity contribution in [1.82, 2.24) is 9.55 Å². The molecule has 2 N–H and O–H groups in total. The van der Waals surface area contributed by atoms with Crippen LogP contribution in [0, 0.1) is 6.92 Å². The minimum atomic E-state index is -0.109. The van der Waals surface area contributed by atoms with Gasteiger partial charge in [-0.15, -0.1) is 0 Å². The van der Waals surface area contributed by atoms with Crippen LogP contribution in [0.15, 0.2) is 23.0 Å². The lowest BCUT2D eigenvalue weighted by molar-refractivity contribution is 0.435. The minimum Gasteiger partial charge on any atom is -0.321 e. The molecule has 0 saturated carbocycles. The molecular weight excluding hydrogens is 214 g/mol. The summed E-state index contributed by atoms with van der Waals surface area (Å²) in [4.78, 5) is 16.9. The molecule has 0 spiro atoms. The Labute approximate surface area is 99.1 Å². The summed E-state index contributed by atoms with van der Waals surface area (Å²) < 4.78 is 1.73. The predicted octanol–water partition coefficient (Wildman–Crippen LogP) is 1.50. The van der Waals surface area contributed by atoms with E-state index in [1.54, 1.807) is 4.57 Å². The molecule has 1 aliphatic heterocycles. The van der Waals surface area contributed by atoms with Gasteiger partial charge in [-0.05, 0) is 31.9 Å². The van der Waals surface area contributed by atoms with Crippen molar-refractivity contribution in [2.75, 3.05) is 0 Å². The second-order valence-electron chi connectivity index (χ2n) is 4.70. The molecule has 1 aromatic heterocycles. The highest BCUT2D eigenvalue weighted by molar-refractivity contribution is 5.78. The van der Waals surface area contributed by atoms with Crippen LogP contribution in [-0.4, -0.2) is 9.55 Å². The molecule has 0 saturated heterocycles. The van der Waals surface area contributed by atoms with Gasteiger partial charge in [0.1, 0.15) is 5.82 Å². The van der Waals surface area contributed by atoms with Crippen molar-refractivity contribution in [3.8, 4) is 0 Å². The quantitative estimate of drug-likeness (QED) is 0.744. The number of benzene rings is 1. The molecule has 0 amide bonds. The number of aromatic nitrogens is 2. The zero-order valence-corrected chi connectivity index (χ0v) is 9.81. The maximum atomic E-state index is 12.3. The summed E-state index contributed by atoms with van der Waals surface area (Å²) in [6.45, 7) is 2.72. The zero-order chi connectivity index (χ0) is 12.0. The van der Waals surface area contributed by atoms with E-state index >= 15 is 0 Å². The lowest BCUT2D eigenvalue weighted by Crippen LogP contribution is -2.33. The molecule has 0 radical (unpaired) electrons. The van der Waals surface area contributed by atoms with Gasteiger partial charge >= 0.3 is 0 Å². The SMILES string of the molecule is Cc1ccc2nc3n(c(=O)c2c1)CCCC3N. The summed E-state index contributed by atoms with van der Waals surface area (Å²) in [5.74, 6) is 0.734. The Morgan fingerprint density at radius 1 is 1.47 bits per heavy atom. The van der Waals surface area contributed by atoms with Crippen LogP contribution in [0.5, 0.6) is 0 Å². The Morgan fingerprint density at radius 3 is 3.12 bits per heavy atom. The van der Waals surface area contributed by atoms with E-state index in [0.717, 1.165) is 36.3 Å². The summed E-state index contributed by atoms with van der Waals surface area (Å²) in [6.07, 6.45) is 1.86. The molecule has 0 fully saturated rings. The van der Waals surface area contributed by atoms with Gasteiger partial charge < -0.3 is 5.73 Å². The molecule has 4 nitrogen and oxygen atoms in total. The first-order chi connectivity index (χ1) is 8.16. The van der Waals surface area contributed by atoms with E-state index in [1.807, 2.05) is 25.1 Å². The van der Waals surface area contributed by atoms with Gasteiger partial charge in [0.05, 0.1) is 16.9 Å². The van der Waals surface area contributed by atoms with Crippen LogP contribution in [0.25, 0.3) is 10.9 Å². The maximum Gasteiger partial charge on any atom is 0.261 e. The van der Waals surface area contributed by atoms with Crippen molar-refractivity contribution in [3.63, 3.8) is 0 Å². The summed E-state index contributed by atoms with van der Waals surface area (Å²) in [5.41, 5.74) is 7.89. The Bertz CT molecular complexity index is 645. The van der Waals surface area contributed by atoms with Gasteiger partial charge in [-0.3, -0.25) is 9.36 Å². The third-order valence-electron chi connectivity index (χ3n) is 3.37. The van der Waals surface area contributed by atoms with Crippen molar-refractivity contribution in [2.45, 2.75) is 32.4 Å². The maximum absolute atomic E-state index is 12.3. The Balaban J connectivity index is 2.39. The van der Waals surface area contributed by atoms with E-state index in [-0.39, 0.29) is 11.6 Å². The summed E-state index contributed by atoms with van der Waals surface area (Å²) in [7, 11) is 0. The van der Waals surface area contributed by atoms with E-state index in [4.69, 9.17) is 5.73 Å². The Morgan fingerprint density at radius 2 is 2.29 bits per heavy atom. The van der Waals surface area contributed by atoms with Gasteiger partial charge in [0.2, 0.25) is 0 Å². The Hall–Kier alpha value is -1.68. The second-order valence-corrected chi connectivity index (χ2v) is 4.70. The third kappa shape index (κ3) is 1.56. The average molecular weight is 229 g/mol. The smallest absolute Gasteiger partial charge is 0.261 e. The fourth-order valence-corrected chi connectivity index (χ4v) is 2.45. The lowest BCUT2D eigenvalue weighted by Gasteiger charge is -2.23. The van der Waals surface area contributed by atoms with Gasteiger partial charge in [-0.1, -0.05) is 11.6 Å². The molecule has 88 valence electrons. The monoisotopic (exact) mass is 229 g/mol. The fraction of sp³-hybridized carbons (Fsp3) is 0.385. The van der Waals surface area contributed by atoms with E-state index in [9.17, 15) is 4.79 Å². The van der Waals surface area contributed by atoms with Gasteiger partial charge in [0, 0.05) is 6.54 Å². The molecule has 0 aliphatic carbocycles. The Kier molecular flexibility index (Phi) is 2.26. The zero-order valence-electron chi connectivity index (χ0n) is 9.81. The highest BCUT2D eigenvalue weighted by Crippen LogP contribution is 2.21. The van der Waals surface area contributed by atoms with Gasteiger partial charge in [-0.25, -0.2) is 4.98 Å². The van der Waals surface area contributed by atoms with E-state index < -0.39 is 0 Å². The molecule has 1 atom stereocenters. The van der Waals surface area contributed by atoms with Crippen molar-refractivity contribution >= 4 is 10.9 Å². The first-order valence-corrected chi connectivity index (χ1v) is 5.93. The molecule has 1 aromatic carbocycles. The molecular formula is C13H15N3O. The topological polar surface area (TPSA) is 60.9 Å². The largest absolute Gasteiger partial charge is 0.321 e. The number of hydrogen-bond donors (Lipinski definition) is 1. The average Bonchev–Trinajstić information content (AvgIpc) is 2.32. The lowest BCUT2D eigenvalue weighted by atomic mass is 10.1. The summed E-state index contributed by atoms with van der Waals surface area (Å²) in [5, 5.41) is 0.697. The third-order valence-corrected chi connectivity index (χ3v) is 3.37. The van der Waals surface area contributed by atoms with Crippen LogP contribution in [0.4, 0.5) is 0 Å². The number of fused-ring (bicyclic) bond motifs is 2. The van der Waals surface area contributed by atoms with Crippen LogP contribution in [0.1, 0.15) is 30.3 Å². The molecule has 1 unspecified atom stereocenters. The summed E-state index contributed by atoms with van der Waals surface area (Å²) in [6, 6.07) is 5.66. The predicted molar refractivity (Wildman–Crippen MR) is 66.9 cm³/mol. The van der Waals surface area contributed by atoms with Crippen LogP contribution < -0.4 is 11.3 Å². The number of nitrogens with two attached hydrogens (primary N) is 1. The molecule has 1 aliphatic rings. The van der Waals surface area contributed by atoms with Crippen LogP contribution in [0.2, 0.25) is 0 Å². The highest BCUT2D eigenvalue weighted by atomic mass is 16.1. The van der Waals surface area contributed by atoms with Gasteiger partial charge in [0.25, 0.3) is 5.56 Å². The fourth-order valence-electron chi connectivity index (χ4n) is 2.45. The van der Waals surface area contributed by atoms with E-state index in [1.165, 1.54) is 0 Å². The molecule has 2 heterocycles. The molecule has 0 bridgehead atoms. The first kappa shape index (κ1) is 10.5. The standard InChI is InChI=1S/C13H15N3O/c1-8-4-5-11-9(7-8)13(17)16-6-2-3-10(14)12(16)15-11/h4-5,7,10H,2-3,6,14H2,1H3. The molecule has 4 heteroatoms. The van der Waals surface area contributed by atoms with Gasteiger partial charge in [0.15, 0.2) is 0 Å². The molecule has 3 rings (SSSR count). The van der Waals surface area contributed by atoms with E-state index in [0.29, 0.717) is 5.39 Å². The van der Waals surface area contributed by atoms with Crippen LogP contribution >= 0.6 is 0 Å². The number of nitrogens with zero attached hydrogens (tertiary/aromatic N) is 2. The number of aryl methyl sites for hydroxylation is 1. The number of hydrogen-bond acceptors (Lipinski definition) is 3. The van der Waals surface area contributed by atoms with Crippen molar-refractivity contribution in [2.24, 2.45) is 5.73 Å². The van der Waals surface area contributed by atoms with Crippen LogP contribution in [0.3, 0.4) is 0 Å².